The number of oxazole rings is 1. The number of hydrogen-bond acceptors (Lipinski definition) is 3. The molecule has 0 aliphatic carbocycles. The Labute approximate surface area is 102 Å². The summed E-state index contributed by atoms with van der Waals surface area (Å²) in [6.45, 7) is 0. The van der Waals surface area contributed by atoms with Gasteiger partial charge in [0.15, 0.2) is 5.58 Å². The van der Waals surface area contributed by atoms with Crippen molar-refractivity contribution in [2.45, 2.75) is 0 Å². The monoisotopic (exact) mass is 205 g/mol. The molecular formula is C8H5FNNaO3. The van der Waals surface area contributed by atoms with E-state index in [0.29, 0.717) is 5.52 Å². The normalized spacial score (nSPS) is 9.79. The number of carbonyl (C=O) groups is 1. The van der Waals surface area contributed by atoms with Crippen LogP contribution in [0.3, 0.4) is 0 Å². The standard InChI is InChI=1S/C8H4FNO3.Na.H/c9-4-1-2-5-6(3-4)13-7(10-5)8(11)12;;/h1-3H,(H,11,12);;/q;+1;-1. The number of carboxylic acid groups (broad SMARTS) is 1. The second kappa shape index (κ2) is 4.08. The first kappa shape index (κ1) is 11.2. The summed E-state index contributed by atoms with van der Waals surface area (Å²) >= 11 is 0. The molecule has 0 amide bonds. The molecule has 1 heterocycles. The Morgan fingerprint density at radius 1 is 1.57 bits per heavy atom. The zero-order valence-corrected chi connectivity index (χ0v) is 9.32. The molecule has 0 spiro atoms. The number of hydrogen-bond donors (Lipinski definition) is 1. The molecule has 0 aliphatic heterocycles. The van der Waals surface area contributed by atoms with Crippen LogP contribution in [0.15, 0.2) is 22.6 Å². The van der Waals surface area contributed by atoms with Crippen LogP contribution < -0.4 is 29.6 Å². The van der Waals surface area contributed by atoms with Gasteiger partial charge in [0.05, 0.1) is 0 Å². The Morgan fingerprint density at radius 2 is 2.29 bits per heavy atom. The molecule has 0 atom stereocenters. The maximum absolute atomic E-state index is 12.6. The van der Waals surface area contributed by atoms with E-state index in [2.05, 4.69) is 4.98 Å². The van der Waals surface area contributed by atoms with Crippen molar-refractivity contribution in [2.24, 2.45) is 0 Å². The summed E-state index contributed by atoms with van der Waals surface area (Å²) in [5.74, 6) is -2.18. The molecule has 1 N–H and O–H groups in total. The SMILES string of the molecule is O=C(O)c1nc2ccc(F)cc2o1.[H-].[Na+]. The third kappa shape index (κ3) is 1.95. The largest absolute Gasteiger partial charge is 1.00 e. The Kier molecular flexibility index (Phi) is 3.25. The molecule has 0 saturated carbocycles. The van der Waals surface area contributed by atoms with Gasteiger partial charge in [-0.3, -0.25) is 0 Å². The minimum Gasteiger partial charge on any atom is -1.00 e. The van der Waals surface area contributed by atoms with E-state index in [0.717, 1.165) is 6.07 Å². The quantitative estimate of drug-likeness (QED) is 0.593. The van der Waals surface area contributed by atoms with Crippen molar-refractivity contribution in [1.82, 2.24) is 4.98 Å². The van der Waals surface area contributed by atoms with Gasteiger partial charge in [0.25, 0.3) is 0 Å². The summed E-state index contributed by atoms with van der Waals surface area (Å²) in [6.07, 6.45) is 0. The predicted octanol–water partition coefficient (Wildman–Crippen LogP) is -1.22. The van der Waals surface area contributed by atoms with E-state index >= 15 is 0 Å². The van der Waals surface area contributed by atoms with Crippen molar-refractivity contribution < 1.29 is 49.7 Å². The van der Waals surface area contributed by atoms with Gasteiger partial charge in [0.1, 0.15) is 11.3 Å². The molecule has 0 unspecified atom stereocenters. The molecule has 1 aromatic heterocycles. The van der Waals surface area contributed by atoms with E-state index in [-0.39, 0.29) is 36.6 Å². The molecule has 1 aromatic carbocycles. The molecule has 0 saturated heterocycles. The summed E-state index contributed by atoms with van der Waals surface area (Å²) in [6, 6.07) is 3.64. The van der Waals surface area contributed by atoms with Crippen LogP contribution in [0.2, 0.25) is 0 Å². The molecule has 2 aromatic rings. The van der Waals surface area contributed by atoms with Crippen molar-refractivity contribution >= 4 is 17.1 Å². The number of fused-ring (bicyclic) bond motifs is 1. The van der Waals surface area contributed by atoms with Gasteiger partial charge in [-0.25, -0.2) is 14.2 Å². The van der Waals surface area contributed by atoms with Gasteiger partial charge in [-0.05, 0) is 12.1 Å². The fourth-order valence-corrected chi connectivity index (χ4v) is 0.990. The smallest absolute Gasteiger partial charge is 1.00 e. The molecule has 2 rings (SSSR count). The first-order chi connectivity index (χ1) is 6.16. The van der Waals surface area contributed by atoms with Crippen LogP contribution in [-0.4, -0.2) is 16.1 Å². The molecule has 0 fully saturated rings. The third-order valence-corrected chi connectivity index (χ3v) is 1.53. The van der Waals surface area contributed by atoms with Crippen LogP contribution in [0.5, 0.6) is 0 Å². The van der Waals surface area contributed by atoms with Crippen LogP contribution in [0.25, 0.3) is 11.1 Å². The summed E-state index contributed by atoms with van der Waals surface area (Å²) in [7, 11) is 0. The van der Waals surface area contributed by atoms with E-state index in [1.54, 1.807) is 0 Å². The van der Waals surface area contributed by atoms with Crippen LogP contribution in [0.1, 0.15) is 12.1 Å². The van der Waals surface area contributed by atoms with Crippen LogP contribution >= 0.6 is 0 Å². The first-order valence-electron chi connectivity index (χ1n) is 3.46. The van der Waals surface area contributed by atoms with Gasteiger partial charge >= 0.3 is 41.4 Å². The number of nitrogens with zero attached hydrogens (tertiary/aromatic N) is 1. The first-order valence-corrected chi connectivity index (χ1v) is 3.46. The van der Waals surface area contributed by atoms with E-state index in [4.69, 9.17) is 9.52 Å². The van der Waals surface area contributed by atoms with Gasteiger partial charge in [0.2, 0.25) is 0 Å². The van der Waals surface area contributed by atoms with Crippen molar-refractivity contribution in [3.63, 3.8) is 0 Å². The van der Waals surface area contributed by atoms with Gasteiger partial charge in [0, 0.05) is 6.07 Å². The van der Waals surface area contributed by atoms with Crippen molar-refractivity contribution in [3.8, 4) is 0 Å². The molecule has 4 nitrogen and oxygen atoms in total. The molecule has 14 heavy (non-hydrogen) atoms. The second-order valence-corrected chi connectivity index (χ2v) is 2.44. The van der Waals surface area contributed by atoms with E-state index in [9.17, 15) is 9.18 Å². The number of rotatable bonds is 1. The fourth-order valence-electron chi connectivity index (χ4n) is 0.990. The Morgan fingerprint density at radius 3 is 2.93 bits per heavy atom. The average molecular weight is 205 g/mol. The Bertz CT molecular complexity index is 488. The minimum atomic E-state index is -1.27. The number of carboxylic acids is 1. The third-order valence-electron chi connectivity index (χ3n) is 1.53. The van der Waals surface area contributed by atoms with Crippen LogP contribution in [-0.2, 0) is 0 Å². The Hall–Kier alpha value is -0.910. The number of halogens is 1. The summed E-state index contributed by atoms with van der Waals surface area (Å²) in [5.41, 5.74) is 0.469. The summed E-state index contributed by atoms with van der Waals surface area (Å²) in [5, 5.41) is 8.51. The number of aromatic carboxylic acids is 1. The fraction of sp³-hybridized carbons (Fsp3) is 0. The zero-order valence-electron chi connectivity index (χ0n) is 8.32. The summed E-state index contributed by atoms with van der Waals surface area (Å²) < 4.78 is 17.4. The average Bonchev–Trinajstić information content (AvgIpc) is 2.46. The van der Waals surface area contributed by atoms with Gasteiger partial charge in [-0.15, -0.1) is 0 Å². The Balaban J connectivity index is 0.000000980. The van der Waals surface area contributed by atoms with Crippen LogP contribution in [0, 0.1) is 5.82 Å². The maximum atomic E-state index is 12.6. The molecule has 0 aliphatic rings. The minimum absolute atomic E-state index is 0. The molecule has 68 valence electrons. The maximum Gasteiger partial charge on any atom is 1.00 e. The van der Waals surface area contributed by atoms with Crippen molar-refractivity contribution in [2.75, 3.05) is 0 Å². The molecule has 0 bridgehead atoms. The van der Waals surface area contributed by atoms with Gasteiger partial charge in [-0.1, -0.05) is 0 Å². The van der Waals surface area contributed by atoms with Gasteiger partial charge < -0.3 is 11.0 Å². The zero-order chi connectivity index (χ0) is 9.42. The van der Waals surface area contributed by atoms with E-state index in [1.807, 2.05) is 0 Å². The van der Waals surface area contributed by atoms with Gasteiger partial charge in [-0.2, -0.15) is 0 Å². The predicted molar refractivity (Wildman–Crippen MR) is 42.0 cm³/mol. The number of benzene rings is 1. The molecular weight excluding hydrogens is 200 g/mol. The molecule has 6 heteroatoms. The van der Waals surface area contributed by atoms with Crippen molar-refractivity contribution in [1.29, 1.82) is 0 Å². The topological polar surface area (TPSA) is 63.3 Å². The number of aromatic nitrogens is 1. The second-order valence-electron chi connectivity index (χ2n) is 2.44. The van der Waals surface area contributed by atoms with E-state index in [1.165, 1.54) is 12.1 Å². The molecule has 0 radical (unpaired) electrons. The summed E-state index contributed by atoms with van der Waals surface area (Å²) in [4.78, 5) is 14.0. The van der Waals surface area contributed by atoms with Crippen LogP contribution in [0.4, 0.5) is 4.39 Å². The van der Waals surface area contributed by atoms with E-state index < -0.39 is 17.7 Å². The van der Waals surface area contributed by atoms with Crippen molar-refractivity contribution in [3.05, 3.63) is 29.9 Å².